The predicted octanol–water partition coefficient (Wildman–Crippen LogP) is 9.37. The van der Waals surface area contributed by atoms with E-state index in [4.69, 9.17) is 20.4 Å². The van der Waals surface area contributed by atoms with Crippen molar-refractivity contribution < 1.29 is 9.59 Å². The summed E-state index contributed by atoms with van der Waals surface area (Å²) in [6.45, 7) is 4.56. The maximum absolute atomic E-state index is 8.35. The molecule has 0 spiro atoms. The second-order valence-corrected chi connectivity index (χ2v) is 9.30. The highest BCUT2D eigenvalue weighted by molar-refractivity contribution is 7.16. The van der Waals surface area contributed by atoms with Gasteiger partial charge in [-0.3, -0.25) is 0 Å². The van der Waals surface area contributed by atoms with Crippen LogP contribution in [0.3, 0.4) is 0 Å². The molecule has 0 aromatic carbocycles. The minimum atomic E-state index is 0.750. The van der Waals surface area contributed by atoms with Gasteiger partial charge >= 0.3 is 0 Å². The first-order chi connectivity index (χ1) is 15.7. The van der Waals surface area contributed by atoms with Gasteiger partial charge in [-0.25, -0.2) is 20.4 Å². The van der Waals surface area contributed by atoms with Gasteiger partial charge < -0.3 is 0 Å². The average molecular weight is 491 g/mol. The molecule has 0 aliphatic rings. The quantitative estimate of drug-likeness (QED) is 0.0771. The number of rotatable bonds is 20. The fraction of sp³-hybridized carbons (Fsp3) is 0.923. The van der Waals surface area contributed by atoms with E-state index in [0.29, 0.717) is 0 Å². The van der Waals surface area contributed by atoms with Crippen molar-refractivity contribution in [1.29, 1.82) is 10.8 Å². The summed E-state index contributed by atoms with van der Waals surface area (Å²) in [6, 6.07) is 0. The molecule has 6 heteroatoms. The molecular formula is C26H56N2O2P2. The molecule has 192 valence electrons. The summed E-state index contributed by atoms with van der Waals surface area (Å²) >= 11 is 0. The van der Waals surface area contributed by atoms with Gasteiger partial charge in [-0.1, -0.05) is 129 Å². The number of isocyanates is 2. The third-order valence-corrected chi connectivity index (χ3v) is 5.93. The summed E-state index contributed by atoms with van der Waals surface area (Å²) in [4.78, 5) is 16.7. The number of nitrogens with one attached hydrogen (secondary N) is 2. The first-order valence-electron chi connectivity index (χ1n) is 13.1. The maximum atomic E-state index is 8.35. The molecule has 4 nitrogen and oxygen atoms in total. The van der Waals surface area contributed by atoms with E-state index >= 15 is 0 Å². The van der Waals surface area contributed by atoms with E-state index in [-0.39, 0.29) is 0 Å². The van der Waals surface area contributed by atoms with Crippen molar-refractivity contribution in [2.45, 2.75) is 142 Å². The van der Waals surface area contributed by atoms with E-state index < -0.39 is 0 Å². The molecule has 2 N–H and O–H groups in total. The highest BCUT2D eigenvalue weighted by Crippen LogP contribution is 2.11. The molecule has 0 aromatic heterocycles. The minimum Gasteiger partial charge on any atom is -0.222 e. The zero-order valence-electron chi connectivity index (χ0n) is 21.5. The van der Waals surface area contributed by atoms with Crippen molar-refractivity contribution in [1.82, 2.24) is 0 Å². The summed E-state index contributed by atoms with van der Waals surface area (Å²) in [5.74, 6) is 0. The largest absolute Gasteiger partial charge is 0.231 e. The predicted molar refractivity (Wildman–Crippen MR) is 150 cm³/mol. The fourth-order valence-corrected chi connectivity index (χ4v) is 3.84. The third kappa shape index (κ3) is 63.0. The van der Waals surface area contributed by atoms with Crippen molar-refractivity contribution in [3.63, 3.8) is 0 Å². The SMILES string of the molecule is CCCCCCCCCCCCP.CCCCCCCCCCCCP.N=C=O.N=C=O. The number of hydrogen-bond donors (Lipinski definition) is 2. The van der Waals surface area contributed by atoms with Crippen LogP contribution in [0.5, 0.6) is 0 Å². The smallest absolute Gasteiger partial charge is 0.222 e. The van der Waals surface area contributed by atoms with Gasteiger partial charge in [0.2, 0.25) is 12.2 Å². The average Bonchev–Trinajstić information content (AvgIpc) is 2.78. The van der Waals surface area contributed by atoms with Crippen LogP contribution >= 0.6 is 18.5 Å². The van der Waals surface area contributed by atoms with Crippen LogP contribution in [0.2, 0.25) is 0 Å². The van der Waals surface area contributed by atoms with Crippen molar-refractivity contribution in [2.24, 2.45) is 0 Å². The third-order valence-electron chi connectivity index (χ3n) is 5.12. The van der Waals surface area contributed by atoms with Crippen LogP contribution < -0.4 is 0 Å². The van der Waals surface area contributed by atoms with Crippen LogP contribution in [0.15, 0.2) is 0 Å². The summed E-state index contributed by atoms with van der Waals surface area (Å²) in [7, 11) is 5.61. The Balaban J connectivity index is -0.000000196. The van der Waals surface area contributed by atoms with Crippen LogP contribution in [0.4, 0.5) is 0 Å². The normalized spacial score (nSPS) is 9.12. The molecule has 2 atom stereocenters. The summed E-state index contributed by atoms with van der Waals surface area (Å²) in [5.41, 5.74) is 0. The monoisotopic (exact) mass is 490 g/mol. The molecule has 0 radical (unpaired) electrons. The van der Waals surface area contributed by atoms with E-state index in [2.05, 4.69) is 32.3 Å². The van der Waals surface area contributed by atoms with E-state index in [0.717, 1.165) is 12.2 Å². The van der Waals surface area contributed by atoms with Crippen LogP contribution in [0, 0.1) is 10.8 Å². The van der Waals surface area contributed by atoms with Gasteiger partial charge in [-0.15, -0.1) is 18.5 Å². The zero-order chi connectivity index (χ0) is 25.0. The number of carbonyl (C=O) groups excluding carboxylic acids is 2. The molecule has 0 fully saturated rings. The Bertz CT molecular complexity index is 304. The van der Waals surface area contributed by atoms with Crippen molar-refractivity contribution >= 4 is 30.6 Å². The molecule has 0 amide bonds. The molecule has 0 bridgehead atoms. The highest BCUT2D eigenvalue weighted by Gasteiger charge is 1.92. The van der Waals surface area contributed by atoms with Gasteiger partial charge in [0.25, 0.3) is 0 Å². The Morgan fingerprint density at radius 2 is 0.594 bits per heavy atom. The van der Waals surface area contributed by atoms with Crippen LogP contribution in [-0.4, -0.2) is 24.5 Å². The van der Waals surface area contributed by atoms with Gasteiger partial charge in [0.15, 0.2) is 0 Å². The van der Waals surface area contributed by atoms with Gasteiger partial charge in [0, 0.05) is 0 Å². The zero-order valence-corrected chi connectivity index (χ0v) is 23.8. The van der Waals surface area contributed by atoms with Crippen LogP contribution in [0.25, 0.3) is 0 Å². The van der Waals surface area contributed by atoms with E-state index in [1.807, 2.05) is 0 Å². The molecule has 0 aromatic rings. The topological polar surface area (TPSA) is 81.8 Å². The highest BCUT2D eigenvalue weighted by atomic mass is 31.0. The molecule has 2 unspecified atom stereocenters. The summed E-state index contributed by atoms with van der Waals surface area (Å²) in [5, 5.41) is 10.8. The molecular weight excluding hydrogens is 434 g/mol. The van der Waals surface area contributed by atoms with Gasteiger partial charge in [-0.05, 0) is 25.2 Å². The van der Waals surface area contributed by atoms with Crippen LogP contribution in [0.1, 0.15) is 142 Å². The summed E-state index contributed by atoms with van der Waals surface area (Å²) in [6.07, 6.45) is 33.0. The molecule has 0 rings (SSSR count). The Kier molecular flexibility index (Phi) is 58.5. The lowest BCUT2D eigenvalue weighted by Crippen LogP contribution is -1.81. The lowest BCUT2D eigenvalue weighted by molar-refractivity contribution is 0.562. The Morgan fingerprint density at radius 3 is 0.750 bits per heavy atom. The second-order valence-electron chi connectivity index (χ2n) is 8.15. The first-order valence-corrected chi connectivity index (χ1v) is 14.8. The van der Waals surface area contributed by atoms with Gasteiger partial charge in [-0.2, -0.15) is 0 Å². The van der Waals surface area contributed by atoms with Crippen molar-refractivity contribution in [3.05, 3.63) is 0 Å². The van der Waals surface area contributed by atoms with E-state index in [1.165, 1.54) is 141 Å². The Morgan fingerprint density at radius 1 is 0.438 bits per heavy atom. The van der Waals surface area contributed by atoms with Gasteiger partial charge in [0.05, 0.1) is 0 Å². The lowest BCUT2D eigenvalue weighted by Gasteiger charge is -2.00. The molecule has 0 saturated carbocycles. The Hall–Kier alpha value is -0.380. The minimum absolute atomic E-state index is 0.750. The molecule has 0 heterocycles. The fourth-order valence-electron chi connectivity index (χ4n) is 3.26. The molecule has 32 heavy (non-hydrogen) atoms. The first kappa shape index (κ1) is 38.9. The molecule has 0 aliphatic carbocycles. The number of unbranched alkanes of at least 4 members (excludes halogenated alkanes) is 18. The molecule has 0 aliphatic heterocycles. The number of hydrogen-bond acceptors (Lipinski definition) is 4. The lowest BCUT2D eigenvalue weighted by atomic mass is 10.1. The summed E-state index contributed by atoms with van der Waals surface area (Å²) < 4.78 is 0. The van der Waals surface area contributed by atoms with Crippen LogP contribution in [-0.2, 0) is 9.59 Å². The van der Waals surface area contributed by atoms with E-state index in [1.54, 1.807) is 0 Å². The Labute approximate surface area is 205 Å². The maximum Gasteiger partial charge on any atom is 0.231 e. The van der Waals surface area contributed by atoms with E-state index in [9.17, 15) is 0 Å². The standard InChI is InChI=1S/2C12H27P.2CHNO/c2*1-2-3-4-5-6-7-8-9-10-11-12-13;2*2-1-3/h2*2-13H2,1H3;2*2H. The molecule has 0 saturated heterocycles. The van der Waals surface area contributed by atoms with Crippen molar-refractivity contribution in [2.75, 3.05) is 12.3 Å². The van der Waals surface area contributed by atoms with Gasteiger partial charge in [0.1, 0.15) is 0 Å². The van der Waals surface area contributed by atoms with Crippen molar-refractivity contribution in [3.8, 4) is 0 Å². The second kappa shape index (κ2) is 48.2.